The van der Waals surface area contributed by atoms with E-state index in [0.29, 0.717) is 18.1 Å². The van der Waals surface area contributed by atoms with E-state index in [4.69, 9.17) is 9.47 Å². The molecule has 0 radical (unpaired) electrons. The molecule has 1 unspecified atom stereocenters. The van der Waals surface area contributed by atoms with Gasteiger partial charge in [0.2, 0.25) is 17.7 Å². The van der Waals surface area contributed by atoms with E-state index < -0.39 is 6.04 Å². The van der Waals surface area contributed by atoms with Crippen molar-refractivity contribution in [2.24, 2.45) is 5.92 Å². The SMILES string of the molecule is COc1ccc(C(=O)NCc2nnn3c2CNC(=O)C3C(C)C)c(OC)n1. The van der Waals surface area contributed by atoms with Gasteiger partial charge >= 0.3 is 0 Å². The summed E-state index contributed by atoms with van der Waals surface area (Å²) in [6, 6.07) is 2.76. The zero-order chi connectivity index (χ0) is 19.6. The van der Waals surface area contributed by atoms with Crippen LogP contribution in [0.15, 0.2) is 12.1 Å². The molecule has 2 aromatic rings. The van der Waals surface area contributed by atoms with Gasteiger partial charge in [-0.15, -0.1) is 5.10 Å². The van der Waals surface area contributed by atoms with Crippen molar-refractivity contribution in [3.05, 3.63) is 29.1 Å². The molecule has 0 saturated heterocycles. The molecule has 144 valence electrons. The predicted octanol–water partition coefficient (Wildman–Crippen LogP) is 0.447. The molecular weight excluding hydrogens is 352 g/mol. The van der Waals surface area contributed by atoms with Crippen molar-refractivity contribution in [3.63, 3.8) is 0 Å². The molecule has 2 N–H and O–H groups in total. The molecule has 1 aliphatic rings. The Kier molecular flexibility index (Phi) is 5.24. The van der Waals surface area contributed by atoms with Crippen molar-refractivity contribution in [2.75, 3.05) is 14.2 Å². The van der Waals surface area contributed by atoms with Crippen molar-refractivity contribution in [1.29, 1.82) is 0 Å². The molecule has 1 atom stereocenters. The normalized spacial score (nSPS) is 15.9. The smallest absolute Gasteiger partial charge is 0.257 e. The zero-order valence-electron chi connectivity index (χ0n) is 15.6. The number of nitrogens with zero attached hydrogens (tertiary/aromatic N) is 4. The summed E-state index contributed by atoms with van der Waals surface area (Å²) >= 11 is 0. The van der Waals surface area contributed by atoms with E-state index in [0.717, 1.165) is 5.69 Å². The summed E-state index contributed by atoms with van der Waals surface area (Å²) in [5, 5.41) is 13.9. The Labute approximate surface area is 156 Å². The van der Waals surface area contributed by atoms with E-state index in [9.17, 15) is 9.59 Å². The minimum absolute atomic E-state index is 0.0721. The summed E-state index contributed by atoms with van der Waals surface area (Å²) in [4.78, 5) is 28.7. The lowest BCUT2D eigenvalue weighted by Gasteiger charge is -2.26. The molecule has 2 amide bonds. The number of amides is 2. The second-order valence-corrected chi connectivity index (χ2v) is 6.43. The van der Waals surface area contributed by atoms with Gasteiger partial charge in [-0.2, -0.15) is 4.98 Å². The second kappa shape index (κ2) is 7.60. The van der Waals surface area contributed by atoms with Crippen LogP contribution in [0.4, 0.5) is 0 Å². The molecule has 10 heteroatoms. The number of methoxy groups -OCH3 is 2. The first kappa shape index (κ1) is 18.6. The third kappa shape index (κ3) is 3.55. The van der Waals surface area contributed by atoms with Gasteiger partial charge in [0.1, 0.15) is 17.3 Å². The summed E-state index contributed by atoms with van der Waals surface area (Å²) in [5.74, 6) is 0.161. The first-order valence-corrected chi connectivity index (χ1v) is 8.54. The maximum atomic E-state index is 12.5. The monoisotopic (exact) mass is 374 g/mol. The summed E-state index contributed by atoms with van der Waals surface area (Å²) in [6.45, 7) is 4.40. The van der Waals surface area contributed by atoms with Crippen LogP contribution >= 0.6 is 0 Å². The fourth-order valence-electron chi connectivity index (χ4n) is 2.99. The van der Waals surface area contributed by atoms with Crippen molar-refractivity contribution < 1.29 is 19.1 Å². The summed E-state index contributed by atoms with van der Waals surface area (Å²) in [6.07, 6.45) is 0. The molecule has 0 aliphatic carbocycles. The van der Waals surface area contributed by atoms with E-state index >= 15 is 0 Å². The van der Waals surface area contributed by atoms with Gasteiger partial charge in [-0.3, -0.25) is 9.59 Å². The standard InChI is InChI=1S/C17H22N6O4/c1-9(2)14-16(25)19-8-12-11(21-22-23(12)14)7-18-15(24)10-5-6-13(26-3)20-17(10)27-4/h5-6,9,14H,7-8H2,1-4H3,(H,18,24)(H,19,25). The van der Waals surface area contributed by atoms with Crippen LogP contribution in [0.5, 0.6) is 11.8 Å². The molecule has 1 aliphatic heterocycles. The Bertz CT molecular complexity index is 863. The molecule has 0 fully saturated rings. The maximum Gasteiger partial charge on any atom is 0.257 e. The molecule has 27 heavy (non-hydrogen) atoms. The molecule has 0 aromatic carbocycles. The number of pyridine rings is 1. The molecular formula is C17H22N6O4. The highest BCUT2D eigenvalue weighted by Crippen LogP contribution is 2.24. The van der Waals surface area contributed by atoms with Crippen LogP contribution in [-0.2, 0) is 17.9 Å². The van der Waals surface area contributed by atoms with E-state index in [2.05, 4.69) is 25.9 Å². The Hall–Kier alpha value is -3.17. The van der Waals surface area contributed by atoms with Crippen molar-refractivity contribution in [3.8, 4) is 11.8 Å². The quantitative estimate of drug-likeness (QED) is 0.753. The number of aromatic nitrogens is 4. The number of rotatable bonds is 6. The highest BCUT2D eigenvalue weighted by molar-refractivity contribution is 5.96. The third-order valence-corrected chi connectivity index (χ3v) is 4.36. The Morgan fingerprint density at radius 2 is 2.15 bits per heavy atom. The van der Waals surface area contributed by atoms with Crippen molar-refractivity contribution >= 4 is 11.8 Å². The highest BCUT2D eigenvalue weighted by Gasteiger charge is 2.33. The molecule has 0 spiro atoms. The Balaban J connectivity index is 1.76. The molecule has 10 nitrogen and oxygen atoms in total. The maximum absolute atomic E-state index is 12.5. The zero-order valence-corrected chi connectivity index (χ0v) is 15.6. The largest absolute Gasteiger partial charge is 0.481 e. The number of nitrogens with one attached hydrogen (secondary N) is 2. The van der Waals surface area contributed by atoms with Crippen LogP contribution in [0.25, 0.3) is 0 Å². The number of fused-ring (bicyclic) bond motifs is 1. The lowest BCUT2D eigenvalue weighted by Crippen LogP contribution is -2.42. The van der Waals surface area contributed by atoms with Gasteiger partial charge in [0.25, 0.3) is 5.91 Å². The molecule has 2 aromatic heterocycles. The summed E-state index contributed by atoms with van der Waals surface area (Å²) in [7, 11) is 2.92. The van der Waals surface area contributed by atoms with E-state index in [1.165, 1.54) is 14.2 Å². The van der Waals surface area contributed by atoms with Crippen LogP contribution < -0.4 is 20.1 Å². The lowest BCUT2D eigenvalue weighted by molar-refractivity contribution is -0.127. The summed E-state index contributed by atoms with van der Waals surface area (Å²) < 4.78 is 11.8. The van der Waals surface area contributed by atoms with Gasteiger partial charge in [0.15, 0.2) is 0 Å². The van der Waals surface area contributed by atoms with Crippen LogP contribution in [0.3, 0.4) is 0 Å². The molecule has 3 rings (SSSR count). The Morgan fingerprint density at radius 3 is 2.81 bits per heavy atom. The number of carbonyl (C=O) groups excluding carboxylic acids is 2. The number of carbonyl (C=O) groups is 2. The first-order valence-electron chi connectivity index (χ1n) is 8.54. The summed E-state index contributed by atoms with van der Waals surface area (Å²) in [5.41, 5.74) is 1.68. The fourth-order valence-corrected chi connectivity index (χ4v) is 2.99. The topological polar surface area (TPSA) is 120 Å². The third-order valence-electron chi connectivity index (χ3n) is 4.36. The van der Waals surface area contributed by atoms with Gasteiger partial charge in [0, 0.05) is 6.07 Å². The number of hydrogen-bond acceptors (Lipinski definition) is 7. The predicted molar refractivity (Wildman–Crippen MR) is 94.3 cm³/mol. The fraction of sp³-hybridized carbons (Fsp3) is 0.471. The minimum atomic E-state index is -0.406. The van der Waals surface area contributed by atoms with Gasteiger partial charge in [0.05, 0.1) is 33.0 Å². The Morgan fingerprint density at radius 1 is 1.37 bits per heavy atom. The number of ether oxygens (including phenoxy) is 2. The van der Waals surface area contributed by atoms with E-state index in [1.54, 1.807) is 16.8 Å². The molecule has 0 saturated carbocycles. The van der Waals surface area contributed by atoms with Gasteiger partial charge < -0.3 is 20.1 Å². The van der Waals surface area contributed by atoms with Gasteiger partial charge in [-0.05, 0) is 12.0 Å². The molecule has 3 heterocycles. The van der Waals surface area contributed by atoms with Gasteiger partial charge in [-0.25, -0.2) is 4.68 Å². The van der Waals surface area contributed by atoms with Crippen molar-refractivity contribution in [2.45, 2.75) is 33.0 Å². The van der Waals surface area contributed by atoms with Gasteiger partial charge in [-0.1, -0.05) is 19.1 Å². The van der Waals surface area contributed by atoms with Crippen LogP contribution in [0.2, 0.25) is 0 Å². The van der Waals surface area contributed by atoms with Crippen LogP contribution in [0, 0.1) is 5.92 Å². The minimum Gasteiger partial charge on any atom is -0.481 e. The van der Waals surface area contributed by atoms with Crippen molar-refractivity contribution in [1.82, 2.24) is 30.6 Å². The highest BCUT2D eigenvalue weighted by atomic mass is 16.5. The van der Waals surface area contributed by atoms with Crippen LogP contribution in [-0.4, -0.2) is 46.0 Å². The van der Waals surface area contributed by atoms with E-state index in [-0.39, 0.29) is 35.7 Å². The lowest BCUT2D eigenvalue weighted by atomic mass is 10.0. The average Bonchev–Trinajstić information content (AvgIpc) is 3.07. The van der Waals surface area contributed by atoms with E-state index in [1.807, 2.05) is 13.8 Å². The average molecular weight is 374 g/mol. The second-order valence-electron chi connectivity index (χ2n) is 6.43. The van der Waals surface area contributed by atoms with Crippen LogP contribution in [0.1, 0.15) is 41.6 Å². The first-order chi connectivity index (χ1) is 13.0. The molecule has 0 bridgehead atoms. The number of hydrogen-bond donors (Lipinski definition) is 2.